The van der Waals surface area contributed by atoms with Crippen LogP contribution in [0.3, 0.4) is 0 Å². The van der Waals surface area contributed by atoms with Crippen molar-refractivity contribution in [2.45, 2.75) is 32.2 Å². The monoisotopic (exact) mass is 309 g/mol. The molecule has 3 N–H and O–H groups in total. The minimum Gasteiger partial charge on any atom is -0.496 e. The number of nitrogens with one attached hydrogen (secondary N) is 1. The number of hydrogen-bond acceptors (Lipinski definition) is 4. The molecule has 0 unspecified atom stereocenters. The van der Waals surface area contributed by atoms with Crippen LogP contribution in [-0.4, -0.2) is 25.1 Å². The van der Waals surface area contributed by atoms with Gasteiger partial charge in [0.1, 0.15) is 11.8 Å². The van der Waals surface area contributed by atoms with Crippen molar-refractivity contribution < 1.29 is 9.53 Å². The predicted molar refractivity (Wildman–Crippen MR) is 82.6 cm³/mol. The highest BCUT2D eigenvalue weighted by molar-refractivity contribution is 6.32. The quantitative estimate of drug-likeness (QED) is 0.845. The smallest absolute Gasteiger partial charge is 0.255 e. The summed E-state index contributed by atoms with van der Waals surface area (Å²) in [6.45, 7) is 4.31. The van der Waals surface area contributed by atoms with Crippen LogP contribution in [0.15, 0.2) is 12.1 Å². The minimum atomic E-state index is -0.437. The molecule has 0 aliphatic rings. The Morgan fingerprint density at radius 3 is 2.57 bits per heavy atom. The lowest BCUT2D eigenvalue weighted by Gasteiger charge is -2.27. The van der Waals surface area contributed by atoms with E-state index in [9.17, 15) is 4.79 Å². The second kappa shape index (κ2) is 7.30. The Kier molecular flexibility index (Phi) is 6.01. The molecule has 1 rings (SSSR count). The largest absolute Gasteiger partial charge is 0.496 e. The van der Waals surface area contributed by atoms with Gasteiger partial charge < -0.3 is 15.8 Å². The molecule has 5 nitrogen and oxygen atoms in total. The van der Waals surface area contributed by atoms with Crippen LogP contribution >= 0.6 is 11.6 Å². The number of carbonyl (C=O) groups is 1. The van der Waals surface area contributed by atoms with Gasteiger partial charge in [-0.25, -0.2) is 0 Å². The van der Waals surface area contributed by atoms with Crippen LogP contribution < -0.4 is 15.8 Å². The molecule has 1 aromatic rings. The molecule has 0 bridgehead atoms. The number of nitrogens with two attached hydrogens (primary N) is 1. The van der Waals surface area contributed by atoms with E-state index in [2.05, 4.69) is 5.32 Å². The van der Waals surface area contributed by atoms with Gasteiger partial charge in [-0.1, -0.05) is 25.4 Å². The lowest BCUT2D eigenvalue weighted by molar-refractivity contribution is 0.0939. The summed E-state index contributed by atoms with van der Waals surface area (Å²) in [5.41, 5.74) is 6.22. The number of amides is 1. The maximum absolute atomic E-state index is 12.3. The van der Waals surface area contributed by atoms with Gasteiger partial charge in [-0.3, -0.25) is 4.79 Å². The lowest BCUT2D eigenvalue weighted by atomic mass is 9.94. The molecule has 1 amide bonds. The molecule has 114 valence electrons. The van der Waals surface area contributed by atoms with Crippen molar-refractivity contribution in [3.63, 3.8) is 0 Å². The molecule has 1 aromatic carbocycles. The third-order valence-electron chi connectivity index (χ3n) is 3.66. The van der Waals surface area contributed by atoms with E-state index in [1.165, 1.54) is 19.2 Å². The molecule has 0 heterocycles. The summed E-state index contributed by atoms with van der Waals surface area (Å²) < 4.78 is 5.15. The van der Waals surface area contributed by atoms with Crippen LogP contribution in [0.25, 0.3) is 0 Å². The van der Waals surface area contributed by atoms with Crippen LogP contribution in [0.1, 0.15) is 42.6 Å². The average Bonchev–Trinajstić information content (AvgIpc) is 2.51. The van der Waals surface area contributed by atoms with Crippen molar-refractivity contribution in [3.8, 4) is 11.8 Å². The number of ether oxygens (including phenoxy) is 1. The first kappa shape index (κ1) is 17.3. The average molecular weight is 310 g/mol. The zero-order chi connectivity index (χ0) is 16.0. The highest BCUT2D eigenvalue weighted by Crippen LogP contribution is 2.27. The van der Waals surface area contributed by atoms with Crippen LogP contribution in [0.5, 0.6) is 5.75 Å². The van der Waals surface area contributed by atoms with Gasteiger partial charge >= 0.3 is 0 Å². The Balaban J connectivity index is 3.00. The SMILES string of the molecule is CCC(N)(CC)CNC(=O)c1cc(C#N)c(Cl)cc1OC. The lowest BCUT2D eigenvalue weighted by Crippen LogP contribution is -2.49. The van der Waals surface area contributed by atoms with Crippen molar-refractivity contribution in [3.05, 3.63) is 28.3 Å². The van der Waals surface area contributed by atoms with Gasteiger partial charge in [0, 0.05) is 18.2 Å². The zero-order valence-electron chi connectivity index (χ0n) is 12.5. The summed E-state index contributed by atoms with van der Waals surface area (Å²) in [5.74, 6) is -0.0103. The van der Waals surface area contributed by atoms with E-state index in [4.69, 9.17) is 27.3 Å². The number of carbonyl (C=O) groups excluding carboxylic acids is 1. The number of methoxy groups -OCH3 is 1. The minimum absolute atomic E-state index is 0.229. The Morgan fingerprint density at radius 2 is 2.10 bits per heavy atom. The van der Waals surface area contributed by atoms with E-state index in [-0.39, 0.29) is 22.1 Å². The van der Waals surface area contributed by atoms with Gasteiger partial charge in [-0.05, 0) is 18.9 Å². The summed E-state index contributed by atoms with van der Waals surface area (Å²) in [7, 11) is 1.44. The molecule has 0 fully saturated rings. The third kappa shape index (κ3) is 4.10. The predicted octanol–water partition coefficient (Wildman–Crippen LogP) is 2.47. The van der Waals surface area contributed by atoms with Crippen molar-refractivity contribution in [2.24, 2.45) is 5.73 Å². The Morgan fingerprint density at radius 1 is 1.48 bits per heavy atom. The number of benzene rings is 1. The van der Waals surface area contributed by atoms with E-state index in [1.54, 1.807) is 0 Å². The third-order valence-corrected chi connectivity index (χ3v) is 3.98. The molecule has 0 aromatic heterocycles. The second-order valence-electron chi connectivity index (χ2n) is 4.90. The zero-order valence-corrected chi connectivity index (χ0v) is 13.3. The molecule has 0 atom stereocenters. The fourth-order valence-electron chi connectivity index (χ4n) is 1.84. The van der Waals surface area contributed by atoms with Gasteiger partial charge in [-0.2, -0.15) is 5.26 Å². The molecule has 0 spiro atoms. The second-order valence-corrected chi connectivity index (χ2v) is 5.30. The Labute approximate surface area is 130 Å². The van der Waals surface area contributed by atoms with E-state index in [0.29, 0.717) is 12.3 Å². The first-order chi connectivity index (χ1) is 9.90. The van der Waals surface area contributed by atoms with Gasteiger partial charge in [0.05, 0.1) is 23.3 Å². The first-order valence-electron chi connectivity index (χ1n) is 6.75. The van der Waals surface area contributed by atoms with Gasteiger partial charge in [0.2, 0.25) is 0 Å². The molecule has 0 saturated heterocycles. The molecular weight excluding hydrogens is 290 g/mol. The van der Waals surface area contributed by atoms with Crippen molar-refractivity contribution in [1.29, 1.82) is 5.26 Å². The maximum atomic E-state index is 12.3. The van der Waals surface area contributed by atoms with Crippen LogP contribution in [-0.2, 0) is 0 Å². The topological polar surface area (TPSA) is 88.1 Å². The van der Waals surface area contributed by atoms with Gasteiger partial charge in [-0.15, -0.1) is 0 Å². The van der Waals surface area contributed by atoms with Gasteiger partial charge in [0.25, 0.3) is 5.91 Å². The number of hydrogen-bond donors (Lipinski definition) is 2. The molecular formula is C15H20ClN3O2. The molecule has 0 saturated carbocycles. The van der Waals surface area contributed by atoms with E-state index < -0.39 is 5.54 Å². The van der Waals surface area contributed by atoms with E-state index >= 15 is 0 Å². The number of halogens is 1. The highest BCUT2D eigenvalue weighted by Gasteiger charge is 2.23. The van der Waals surface area contributed by atoms with Crippen LogP contribution in [0, 0.1) is 11.3 Å². The molecule has 0 radical (unpaired) electrons. The normalized spacial score (nSPS) is 10.9. The summed E-state index contributed by atoms with van der Waals surface area (Å²) in [6, 6.07) is 4.83. The molecule has 0 aliphatic heterocycles. The fraction of sp³-hybridized carbons (Fsp3) is 0.467. The number of nitrogens with zero attached hydrogens (tertiary/aromatic N) is 1. The summed E-state index contributed by atoms with van der Waals surface area (Å²) in [4.78, 5) is 12.3. The van der Waals surface area contributed by atoms with E-state index in [0.717, 1.165) is 12.8 Å². The first-order valence-corrected chi connectivity index (χ1v) is 7.13. The van der Waals surface area contributed by atoms with Crippen molar-refractivity contribution in [2.75, 3.05) is 13.7 Å². The summed E-state index contributed by atoms with van der Waals surface area (Å²) in [5, 5.41) is 12.0. The van der Waals surface area contributed by atoms with Crippen molar-refractivity contribution >= 4 is 17.5 Å². The fourth-order valence-corrected chi connectivity index (χ4v) is 2.03. The number of rotatable bonds is 6. The van der Waals surface area contributed by atoms with Gasteiger partial charge in [0.15, 0.2) is 0 Å². The molecule has 6 heteroatoms. The summed E-state index contributed by atoms with van der Waals surface area (Å²) in [6.07, 6.45) is 1.51. The summed E-state index contributed by atoms with van der Waals surface area (Å²) >= 11 is 5.93. The Bertz CT molecular complexity index is 563. The van der Waals surface area contributed by atoms with Crippen molar-refractivity contribution in [1.82, 2.24) is 5.32 Å². The standard InChI is InChI=1S/C15H20ClN3O2/c1-4-15(18,5-2)9-19-14(20)11-6-10(8-17)12(16)7-13(11)21-3/h6-7H,4-5,9,18H2,1-3H3,(H,19,20). The Hall–Kier alpha value is -1.77. The molecule has 21 heavy (non-hydrogen) atoms. The molecule has 0 aliphatic carbocycles. The van der Waals surface area contributed by atoms with Crippen LogP contribution in [0.2, 0.25) is 5.02 Å². The van der Waals surface area contributed by atoms with Crippen LogP contribution in [0.4, 0.5) is 0 Å². The number of nitriles is 1. The van der Waals surface area contributed by atoms with E-state index in [1.807, 2.05) is 19.9 Å². The maximum Gasteiger partial charge on any atom is 0.255 e. The highest BCUT2D eigenvalue weighted by atomic mass is 35.5.